The number of rotatable bonds is 6. The van der Waals surface area contributed by atoms with Crippen molar-refractivity contribution in [3.8, 4) is 0 Å². The van der Waals surface area contributed by atoms with Crippen molar-refractivity contribution in [3.05, 3.63) is 17.7 Å². The summed E-state index contributed by atoms with van der Waals surface area (Å²) in [5, 5.41) is 2.84. The first-order valence-corrected chi connectivity index (χ1v) is 6.50. The summed E-state index contributed by atoms with van der Waals surface area (Å²) in [6, 6.07) is 2.16. The van der Waals surface area contributed by atoms with Crippen LogP contribution in [0.25, 0.3) is 0 Å². The van der Waals surface area contributed by atoms with E-state index in [0.717, 1.165) is 18.6 Å². The molecule has 108 valence electrons. The van der Waals surface area contributed by atoms with Crippen LogP contribution in [0.4, 0.5) is 24.8 Å². The number of anilines is 2. The molecule has 1 rings (SSSR count). The fourth-order valence-electron chi connectivity index (χ4n) is 1.82. The lowest BCUT2D eigenvalue weighted by Gasteiger charge is -2.23. The summed E-state index contributed by atoms with van der Waals surface area (Å²) in [5.74, 6) is 0.636. The Labute approximate surface area is 111 Å². The zero-order chi connectivity index (χ0) is 14.5. The Morgan fingerprint density at radius 3 is 2.37 bits per heavy atom. The van der Waals surface area contributed by atoms with Gasteiger partial charge in [0, 0.05) is 19.6 Å². The van der Waals surface area contributed by atoms with Gasteiger partial charge < -0.3 is 10.2 Å². The van der Waals surface area contributed by atoms with Crippen molar-refractivity contribution in [1.82, 2.24) is 4.98 Å². The number of nitrogens with one attached hydrogen (secondary N) is 1. The molecule has 1 aromatic heterocycles. The van der Waals surface area contributed by atoms with Gasteiger partial charge in [-0.25, -0.2) is 4.98 Å². The Hall–Kier alpha value is -1.46. The molecule has 0 aliphatic heterocycles. The van der Waals surface area contributed by atoms with Crippen molar-refractivity contribution in [1.29, 1.82) is 0 Å². The van der Waals surface area contributed by atoms with Crippen molar-refractivity contribution >= 4 is 11.6 Å². The minimum atomic E-state index is -4.35. The maximum absolute atomic E-state index is 12.9. The molecule has 0 unspecified atom stereocenters. The Balaban J connectivity index is 3.18. The Morgan fingerprint density at radius 2 is 1.89 bits per heavy atom. The van der Waals surface area contributed by atoms with E-state index in [-0.39, 0.29) is 5.82 Å². The maximum Gasteiger partial charge on any atom is 0.416 e. The summed E-state index contributed by atoms with van der Waals surface area (Å²) in [4.78, 5) is 6.08. The van der Waals surface area contributed by atoms with E-state index in [1.54, 1.807) is 0 Å². The normalized spacial score (nSPS) is 11.5. The predicted molar refractivity (Wildman–Crippen MR) is 71.6 cm³/mol. The second-order valence-corrected chi connectivity index (χ2v) is 4.21. The van der Waals surface area contributed by atoms with Crippen LogP contribution in [0.15, 0.2) is 12.1 Å². The van der Waals surface area contributed by atoms with Crippen LogP contribution in [0, 0.1) is 0 Å². The van der Waals surface area contributed by atoms with E-state index in [0.29, 0.717) is 25.5 Å². The molecule has 0 bridgehead atoms. The molecule has 0 fully saturated rings. The molecule has 19 heavy (non-hydrogen) atoms. The summed E-state index contributed by atoms with van der Waals surface area (Å²) in [6.07, 6.45) is -3.49. The highest BCUT2D eigenvalue weighted by Gasteiger charge is 2.32. The van der Waals surface area contributed by atoms with E-state index in [9.17, 15) is 13.2 Å². The number of halogens is 3. The van der Waals surface area contributed by atoms with Gasteiger partial charge in [0.25, 0.3) is 0 Å². The summed E-state index contributed by atoms with van der Waals surface area (Å²) < 4.78 is 38.6. The van der Waals surface area contributed by atoms with Gasteiger partial charge in [0.1, 0.15) is 11.6 Å². The standard InChI is InChI=1S/C13H20F3N3/c1-4-7-19(6-3)12-9-10(13(14,15)16)8-11(18-12)17-5-2/h8-9H,4-7H2,1-3H3,(H,17,18). The van der Waals surface area contributed by atoms with Crippen molar-refractivity contribution in [2.45, 2.75) is 33.4 Å². The largest absolute Gasteiger partial charge is 0.416 e. The van der Waals surface area contributed by atoms with Gasteiger partial charge in [0.15, 0.2) is 0 Å². The Bertz CT molecular complexity index is 405. The van der Waals surface area contributed by atoms with Crippen LogP contribution in [0.3, 0.4) is 0 Å². The maximum atomic E-state index is 12.9. The molecule has 6 heteroatoms. The molecule has 0 radical (unpaired) electrons. The number of hydrogen-bond acceptors (Lipinski definition) is 3. The minimum Gasteiger partial charge on any atom is -0.370 e. The lowest BCUT2D eigenvalue weighted by Crippen LogP contribution is -2.25. The van der Waals surface area contributed by atoms with Gasteiger partial charge in [-0.2, -0.15) is 13.2 Å². The quantitative estimate of drug-likeness (QED) is 0.856. The fourth-order valence-corrected chi connectivity index (χ4v) is 1.82. The molecule has 0 aliphatic rings. The molecule has 0 saturated carbocycles. The van der Waals surface area contributed by atoms with Crippen LogP contribution in [0.5, 0.6) is 0 Å². The summed E-state index contributed by atoms with van der Waals surface area (Å²) in [6.45, 7) is 7.58. The van der Waals surface area contributed by atoms with Crippen molar-refractivity contribution in [2.24, 2.45) is 0 Å². The van der Waals surface area contributed by atoms with Crippen LogP contribution < -0.4 is 10.2 Å². The van der Waals surface area contributed by atoms with Crippen molar-refractivity contribution in [2.75, 3.05) is 29.9 Å². The Kier molecular flexibility index (Phi) is 5.44. The van der Waals surface area contributed by atoms with Gasteiger partial charge in [0.05, 0.1) is 5.56 Å². The third kappa shape index (κ3) is 4.29. The van der Waals surface area contributed by atoms with Gasteiger partial charge >= 0.3 is 6.18 Å². The van der Waals surface area contributed by atoms with Gasteiger partial charge in [-0.15, -0.1) is 0 Å². The van der Waals surface area contributed by atoms with Crippen molar-refractivity contribution < 1.29 is 13.2 Å². The SMILES string of the molecule is CCCN(CC)c1cc(C(F)(F)F)cc(NCC)n1. The average molecular weight is 275 g/mol. The average Bonchev–Trinajstić information content (AvgIpc) is 2.35. The zero-order valence-corrected chi connectivity index (χ0v) is 11.5. The molecule has 0 aromatic carbocycles. The zero-order valence-electron chi connectivity index (χ0n) is 11.5. The fraction of sp³-hybridized carbons (Fsp3) is 0.615. The number of hydrogen-bond donors (Lipinski definition) is 1. The molecule has 0 spiro atoms. The number of nitrogens with zero attached hydrogens (tertiary/aromatic N) is 2. The van der Waals surface area contributed by atoms with Gasteiger partial charge in [0.2, 0.25) is 0 Å². The number of pyridine rings is 1. The molecule has 0 saturated heterocycles. The third-order valence-corrected chi connectivity index (χ3v) is 2.70. The monoisotopic (exact) mass is 275 g/mol. The Morgan fingerprint density at radius 1 is 1.21 bits per heavy atom. The van der Waals surface area contributed by atoms with Crippen LogP contribution in [-0.2, 0) is 6.18 Å². The first-order chi connectivity index (χ1) is 8.92. The first kappa shape index (κ1) is 15.6. The molecule has 1 heterocycles. The smallest absolute Gasteiger partial charge is 0.370 e. The first-order valence-electron chi connectivity index (χ1n) is 6.50. The number of alkyl halides is 3. The molecule has 0 atom stereocenters. The topological polar surface area (TPSA) is 28.2 Å². The van der Waals surface area contributed by atoms with E-state index < -0.39 is 11.7 Å². The predicted octanol–water partition coefficient (Wildman–Crippen LogP) is 3.77. The summed E-state index contributed by atoms with van der Waals surface area (Å²) >= 11 is 0. The minimum absolute atomic E-state index is 0.266. The lowest BCUT2D eigenvalue weighted by atomic mass is 10.2. The molecule has 3 nitrogen and oxygen atoms in total. The molecular weight excluding hydrogens is 255 g/mol. The van der Waals surface area contributed by atoms with Gasteiger partial charge in [-0.05, 0) is 32.4 Å². The van der Waals surface area contributed by atoms with Crippen LogP contribution in [0.2, 0.25) is 0 Å². The van der Waals surface area contributed by atoms with Crippen LogP contribution >= 0.6 is 0 Å². The van der Waals surface area contributed by atoms with E-state index >= 15 is 0 Å². The summed E-state index contributed by atoms with van der Waals surface area (Å²) in [5.41, 5.74) is -0.664. The van der Waals surface area contributed by atoms with Crippen LogP contribution in [-0.4, -0.2) is 24.6 Å². The molecular formula is C13H20F3N3. The molecule has 0 amide bonds. The second kappa shape index (κ2) is 6.63. The molecule has 0 aliphatic carbocycles. The van der Waals surface area contributed by atoms with Crippen LogP contribution in [0.1, 0.15) is 32.8 Å². The van der Waals surface area contributed by atoms with Gasteiger partial charge in [-0.1, -0.05) is 6.92 Å². The molecule has 1 aromatic rings. The van der Waals surface area contributed by atoms with E-state index in [1.807, 2.05) is 25.7 Å². The highest BCUT2D eigenvalue weighted by Crippen LogP contribution is 2.32. The highest BCUT2D eigenvalue weighted by atomic mass is 19.4. The number of aromatic nitrogens is 1. The summed E-state index contributed by atoms with van der Waals surface area (Å²) in [7, 11) is 0. The molecule has 1 N–H and O–H groups in total. The highest BCUT2D eigenvalue weighted by molar-refractivity contribution is 5.51. The third-order valence-electron chi connectivity index (χ3n) is 2.70. The van der Waals surface area contributed by atoms with E-state index in [1.165, 1.54) is 0 Å². The second-order valence-electron chi connectivity index (χ2n) is 4.21. The van der Waals surface area contributed by atoms with E-state index in [4.69, 9.17) is 0 Å². The lowest BCUT2D eigenvalue weighted by molar-refractivity contribution is -0.137. The van der Waals surface area contributed by atoms with Gasteiger partial charge in [-0.3, -0.25) is 0 Å². The van der Waals surface area contributed by atoms with Crippen molar-refractivity contribution in [3.63, 3.8) is 0 Å². The van der Waals surface area contributed by atoms with E-state index in [2.05, 4.69) is 10.3 Å².